The van der Waals surface area contributed by atoms with Crippen molar-refractivity contribution in [2.24, 2.45) is 0 Å². The number of hydrogen-bond acceptors (Lipinski definition) is 5. The minimum atomic E-state index is -3.06. The van der Waals surface area contributed by atoms with E-state index in [0.29, 0.717) is 5.92 Å². The molecule has 0 unspecified atom stereocenters. The van der Waals surface area contributed by atoms with Crippen molar-refractivity contribution in [2.45, 2.75) is 81.9 Å². The molecule has 0 atom stereocenters. The molecule has 11 aromatic carbocycles. The minimum Gasteiger partial charge on any atom is -0.468 e. The van der Waals surface area contributed by atoms with Gasteiger partial charge in [-0.2, -0.15) is 0 Å². The van der Waals surface area contributed by atoms with Crippen molar-refractivity contribution >= 4 is 117 Å². The van der Waals surface area contributed by atoms with Gasteiger partial charge in [-0.05, 0) is 181 Å². The van der Waals surface area contributed by atoms with Crippen LogP contribution >= 0.6 is 9.16 Å². The van der Waals surface area contributed by atoms with Crippen molar-refractivity contribution < 1.29 is 8.83 Å². The zero-order valence-electron chi connectivity index (χ0n) is 52.9. The third-order valence-electron chi connectivity index (χ3n) is 19.2. The number of rotatable bonds is 10. The third kappa shape index (κ3) is 9.38. The molecule has 2 aliphatic rings. The van der Waals surface area contributed by atoms with Gasteiger partial charge in [0, 0.05) is 61.5 Å². The Hall–Kier alpha value is -9.43. The molecule has 0 saturated carbocycles. The van der Waals surface area contributed by atoms with Gasteiger partial charge in [0.15, 0.2) is 0 Å². The van der Waals surface area contributed by atoms with E-state index in [4.69, 9.17) is 8.83 Å². The average Bonchev–Trinajstić information content (AvgIpc) is 1.68. The first-order valence-corrected chi connectivity index (χ1v) is 35.1. The maximum absolute atomic E-state index is 7.62. The van der Waals surface area contributed by atoms with E-state index in [-0.39, 0.29) is 17.5 Å². The lowest BCUT2D eigenvalue weighted by Gasteiger charge is -2.54. The summed E-state index contributed by atoms with van der Waals surface area (Å²) in [5, 5.41) is 3.23. The summed E-state index contributed by atoms with van der Waals surface area (Å²) in [4.78, 5) is 10.3. The summed E-state index contributed by atoms with van der Waals surface area (Å²) >= 11 is 0. The second-order valence-corrected chi connectivity index (χ2v) is 34.9. The van der Waals surface area contributed by atoms with E-state index in [9.17, 15) is 0 Å². The summed E-state index contributed by atoms with van der Waals surface area (Å²) < 4.78 is 14.2. The summed E-state index contributed by atoms with van der Waals surface area (Å²) in [5.74, 6) is 0.416. The standard InChI is InChI=1S/C82H76BN3O2S/c1-53(2)54-30-43-64(44-31-54)89(9,10,11)65-51-73-78-74(52-65)86(61-39-35-59(36-40-61)82(6,7)8)79-69-48-57(55-22-14-12-15-23-55)32-46-77(69)88-80(79)83(78)70-45-41-63(50-72(70)85(73)62-42-47-76-68(49-62)67-27-19-21-29-75(67)87-76)84(60-37-33-58(34-38-60)81(3,4)5)71-28-20-18-26-66(71)56-24-16-13-17-25-56/h12-53,89H,1-11H3. The highest BCUT2D eigenvalue weighted by atomic mass is 32.3. The average molecular weight is 1180 g/mol. The summed E-state index contributed by atoms with van der Waals surface area (Å²) in [6.45, 7) is 18.0. The largest absolute Gasteiger partial charge is 0.468 e. The smallest absolute Gasteiger partial charge is 0.297 e. The number of para-hydroxylation sites is 2. The van der Waals surface area contributed by atoms with Gasteiger partial charge in [-0.3, -0.25) is 0 Å². The van der Waals surface area contributed by atoms with E-state index in [2.05, 4.69) is 338 Å². The van der Waals surface area contributed by atoms with Crippen molar-refractivity contribution in [1.82, 2.24) is 0 Å². The lowest BCUT2D eigenvalue weighted by atomic mass is 9.35. The quantitative estimate of drug-likeness (QED) is 0.109. The van der Waals surface area contributed by atoms with E-state index in [0.717, 1.165) is 117 Å². The van der Waals surface area contributed by atoms with Crippen LogP contribution in [0, 0.1) is 0 Å². The molecule has 13 aromatic rings. The molecule has 89 heavy (non-hydrogen) atoms. The van der Waals surface area contributed by atoms with Gasteiger partial charge in [-0.1, -0.05) is 213 Å². The van der Waals surface area contributed by atoms with Crippen LogP contribution in [0.3, 0.4) is 0 Å². The van der Waals surface area contributed by atoms with Crippen LogP contribution in [0.15, 0.2) is 267 Å². The Kier molecular flexibility index (Phi) is 13.0. The van der Waals surface area contributed by atoms with Gasteiger partial charge in [0.05, 0.1) is 17.0 Å². The number of anilines is 9. The zero-order chi connectivity index (χ0) is 61.3. The Morgan fingerprint density at radius 1 is 0.427 bits per heavy atom. The molecule has 0 saturated heterocycles. The Morgan fingerprint density at radius 3 is 1.69 bits per heavy atom. The number of furan rings is 2. The highest BCUT2D eigenvalue weighted by Crippen LogP contribution is 2.74. The monoisotopic (exact) mass is 1180 g/mol. The number of thiol groups is 1. The van der Waals surface area contributed by atoms with Gasteiger partial charge in [-0.15, -0.1) is 0 Å². The molecular formula is C82H76BN3O2S. The molecule has 7 heteroatoms. The number of fused-ring (bicyclic) bond motifs is 9. The van der Waals surface area contributed by atoms with E-state index < -0.39 is 9.16 Å². The van der Waals surface area contributed by atoms with E-state index in [1.54, 1.807) is 0 Å². The molecule has 2 aromatic heterocycles. The van der Waals surface area contributed by atoms with Crippen LogP contribution in [0.5, 0.6) is 0 Å². The Morgan fingerprint density at radius 2 is 1.00 bits per heavy atom. The van der Waals surface area contributed by atoms with Crippen LogP contribution in [0.25, 0.3) is 55.2 Å². The van der Waals surface area contributed by atoms with Crippen molar-refractivity contribution in [3.63, 3.8) is 0 Å². The second kappa shape index (κ2) is 20.6. The molecule has 0 amide bonds. The molecule has 0 spiro atoms. The fraction of sp³-hybridized carbons (Fsp3) is 0.171. The summed E-state index contributed by atoms with van der Waals surface area (Å²) in [6.07, 6.45) is 7.65. The molecule has 4 heterocycles. The number of nitrogens with zero attached hydrogens (tertiary/aromatic N) is 3. The highest BCUT2D eigenvalue weighted by Gasteiger charge is 2.48. The second-order valence-electron chi connectivity index (χ2n) is 28.3. The van der Waals surface area contributed by atoms with E-state index >= 15 is 0 Å². The van der Waals surface area contributed by atoms with Gasteiger partial charge in [0.25, 0.3) is 6.71 Å². The van der Waals surface area contributed by atoms with Crippen LogP contribution < -0.4 is 31.3 Å². The molecule has 2 aliphatic heterocycles. The van der Waals surface area contributed by atoms with Crippen molar-refractivity contribution in [1.29, 1.82) is 0 Å². The first-order chi connectivity index (χ1) is 42.8. The molecule has 0 aliphatic carbocycles. The predicted molar refractivity (Wildman–Crippen MR) is 384 cm³/mol. The molecule has 440 valence electrons. The van der Waals surface area contributed by atoms with Gasteiger partial charge in [0.1, 0.15) is 16.7 Å². The molecule has 15 rings (SSSR count). The number of hydrogen-bond donors (Lipinski definition) is 1. The van der Waals surface area contributed by atoms with Crippen LogP contribution in [0.4, 0.5) is 51.2 Å². The third-order valence-corrected chi connectivity index (χ3v) is 23.4. The maximum atomic E-state index is 7.62. The normalized spacial score (nSPS) is 13.6. The molecule has 5 nitrogen and oxygen atoms in total. The van der Waals surface area contributed by atoms with Gasteiger partial charge in [0.2, 0.25) is 0 Å². The van der Waals surface area contributed by atoms with Crippen molar-refractivity contribution in [2.75, 3.05) is 33.5 Å². The first kappa shape index (κ1) is 56.1. The highest BCUT2D eigenvalue weighted by molar-refractivity contribution is 8.48. The fourth-order valence-corrected chi connectivity index (χ4v) is 16.6. The van der Waals surface area contributed by atoms with E-state index in [1.165, 1.54) is 31.9 Å². The lowest BCUT2D eigenvalue weighted by Crippen LogP contribution is -2.61. The SMILES string of the molecule is CC(C)c1ccc([SH](C)(C)(C)c2cc3c4c(c2)N(c2ccc(C(C)(C)C)cc2)c2c(oc5ccc(-c6ccccc6)cc25)B4c2ccc(N(c4ccc(C(C)(C)C)cc4)c4ccccc4-c4ccccc4)cc2N3c2ccc3oc4ccccc4c3c2)cc1. The summed E-state index contributed by atoms with van der Waals surface area (Å²) in [6, 6.07) is 93.0. The maximum Gasteiger partial charge on any atom is 0.297 e. The van der Waals surface area contributed by atoms with Crippen molar-refractivity contribution in [3.05, 3.63) is 265 Å². The van der Waals surface area contributed by atoms with Gasteiger partial charge < -0.3 is 23.5 Å². The Labute approximate surface area is 525 Å². The molecular weight excluding hydrogens is 1100 g/mol. The Bertz CT molecular complexity index is 4890. The Balaban J connectivity index is 1.07. The molecule has 0 bridgehead atoms. The summed E-state index contributed by atoms with van der Waals surface area (Å²) in [7, 11) is -3.06. The zero-order valence-corrected chi connectivity index (χ0v) is 53.8. The minimum absolute atomic E-state index is 0.0277. The van der Waals surface area contributed by atoms with Gasteiger partial charge in [-0.25, -0.2) is 9.16 Å². The van der Waals surface area contributed by atoms with Gasteiger partial charge >= 0.3 is 0 Å². The predicted octanol–water partition coefficient (Wildman–Crippen LogP) is 21.3. The molecule has 0 radical (unpaired) electrons. The van der Waals surface area contributed by atoms with Crippen LogP contribution in [0.2, 0.25) is 0 Å². The number of benzene rings is 11. The van der Waals surface area contributed by atoms with Crippen LogP contribution in [-0.4, -0.2) is 25.5 Å². The first-order valence-electron chi connectivity index (χ1n) is 31.5. The van der Waals surface area contributed by atoms with Crippen LogP contribution in [0.1, 0.15) is 78.0 Å². The molecule has 0 N–H and O–H groups in total. The lowest BCUT2D eigenvalue weighted by molar-refractivity contribution is 0.590. The summed E-state index contributed by atoms with van der Waals surface area (Å²) in [5.41, 5.74) is 24.0. The van der Waals surface area contributed by atoms with E-state index in [1.807, 2.05) is 0 Å². The topological polar surface area (TPSA) is 36.0 Å². The van der Waals surface area contributed by atoms with Crippen LogP contribution in [-0.2, 0) is 10.8 Å². The fourth-order valence-electron chi connectivity index (χ4n) is 14.0. The molecule has 0 fully saturated rings. The van der Waals surface area contributed by atoms with Crippen molar-refractivity contribution in [3.8, 4) is 22.3 Å².